The largest absolute Gasteiger partial charge is 0.471 e. The lowest BCUT2D eigenvalue weighted by molar-refractivity contribution is -0.175. The Bertz CT molecular complexity index is 520. The molecule has 2 aliphatic rings. The average molecular weight is 321 g/mol. The Labute approximate surface area is 125 Å². The number of carbonyl (C=O) groups excluding carboxylic acids is 3. The van der Waals surface area contributed by atoms with E-state index in [9.17, 15) is 27.6 Å². The maximum Gasteiger partial charge on any atom is 0.471 e. The quantitative estimate of drug-likeness (QED) is 0.661. The summed E-state index contributed by atoms with van der Waals surface area (Å²) in [4.78, 5) is 35.3. The molecule has 1 aliphatic carbocycles. The van der Waals surface area contributed by atoms with Crippen LogP contribution in [0.3, 0.4) is 0 Å². The van der Waals surface area contributed by atoms with Gasteiger partial charge in [0.1, 0.15) is 6.04 Å². The van der Waals surface area contributed by atoms with Gasteiger partial charge < -0.3 is 11.1 Å². The number of nitrogens with two attached hydrogens (primary N) is 1. The zero-order valence-electron chi connectivity index (χ0n) is 12.2. The number of carbonyl (C=O) groups is 3. The highest BCUT2D eigenvalue weighted by Gasteiger charge is 2.70. The van der Waals surface area contributed by atoms with Crippen LogP contribution in [0.1, 0.15) is 20.3 Å². The van der Waals surface area contributed by atoms with Gasteiger partial charge in [0.2, 0.25) is 5.91 Å². The van der Waals surface area contributed by atoms with E-state index in [4.69, 9.17) is 5.73 Å². The topological polar surface area (TPSA) is 101 Å². The van der Waals surface area contributed by atoms with Crippen LogP contribution in [0, 0.1) is 17.3 Å². The van der Waals surface area contributed by atoms with Gasteiger partial charge in [0, 0.05) is 0 Å². The first-order chi connectivity index (χ1) is 10.0. The summed E-state index contributed by atoms with van der Waals surface area (Å²) >= 11 is 0. The van der Waals surface area contributed by atoms with Crippen molar-refractivity contribution in [2.75, 3.05) is 6.54 Å². The first-order valence-corrected chi connectivity index (χ1v) is 6.97. The minimum Gasteiger partial charge on any atom is -0.321 e. The highest BCUT2D eigenvalue weighted by Crippen LogP contribution is 2.59. The molecular weight excluding hydrogens is 303 g/mol. The van der Waals surface area contributed by atoms with Gasteiger partial charge in [-0.05, 0) is 24.8 Å². The van der Waals surface area contributed by atoms with Crippen LogP contribution in [0.5, 0.6) is 0 Å². The molecule has 1 heterocycles. The minimum atomic E-state index is -5.15. The zero-order valence-corrected chi connectivity index (χ0v) is 12.2. The SMILES string of the molecule is CC(C)[C@H](N)C(=O)C12CC1CNC2C(=O)NC(=O)C(F)(F)F. The molecule has 1 saturated heterocycles. The van der Waals surface area contributed by atoms with E-state index in [1.54, 1.807) is 13.8 Å². The zero-order chi connectivity index (χ0) is 16.9. The summed E-state index contributed by atoms with van der Waals surface area (Å²) in [5.41, 5.74) is 4.74. The summed E-state index contributed by atoms with van der Waals surface area (Å²) in [6, 6.07) is -1.94. The lowest BCUT2D eigenvalue weighted by Crippen LogP contribution is -2.55. The van der Waals surface area contributed by atoms with Gasteiger partial charge >= 0.3 is 12.1 Å². The summed E-state index contributed by atoms with van der Waals surface area (Å²) in [5.74, 6) is -4.08. The van der Waals surface area contributed by atoms with Gasteiger partial charge in [-0.15, -0.1) is 0 Å². The van der Waals surface area contributed by atoms with Crippen molar-refractivity contribution in [1.29, 1.82) is 0 Å². The molecule has 4 atom stereocenters. The summed E-state index contributed by atoms with van der Waals surface area (Å²) in [6.45, 7) is 3.84. The van der Waals surface area contributed by atoms with E-state index >= 15 is 0 Å². The lowest BCUT2D eigenvalue weighted by atomic mass is 9.83. The molecule has 0 radical (unpaired) electrons. The number of rotatable bonds is 4. The molecule has 3 unspecified atom stereocenters. The van der Waals surface area contributed by atoms with Crippen LogP contribution in [-0.4, -0.2) is 42.4 Å². The van der Waals surface area contributed by atoms with Crippen molar-refractivity contribution in [2.45, 2.75) is 38.5 Å². The number of piperidine rings is 1. The molecule has 124 valence electrons. The number of Topliss-reactive ketones (excluding diaryl/α,β-unsaturated/α-hetero) is 1. The number of nitrogens with one attached hydrogen (secondary N) is 2. The fraction of sp³-hybridized carbons (Fsp3) is 0.769. The Morgan fingerprint density at radius 3 is 2.36 bits per heavy atom. The number of ketones is 1. The van der Waals surface area contributed by atoms with E-state index in [-0.39, 0.29) is 17.6 Å². The molecule has 2 amide bonds. The molecular formula is C13H18F3N3O3. The number of hydrogen-bond donors (Lipinski definition) is 3. The average Bonchev–Trinajstić information content (AvgIpc) is 3.01. The molecule has 2 rings (SSSR count). The Morgan fingerprint density at radius 2 is 1.91 bits per heavy atom. The number of hydrogen-bond acceptors (Lipinski definition) is 5. The highest BCUT2D eigenvalue weighted by molar-refractivity contribution is 6.05. The maximum atomic E-state index is 12.5. The molecule has 0 aromatic carbocycles. The van der Waals surface area contributed by atoms with Gasteiger partial charge in [-0.3, -0.25) is 19.7 Å². The van der Waals surface area contributed by atoms with Crippen LogP contribution < -0.4 is 16.4 Å². The second kappa shape index (κ2) is 5.31. The summed E-state index contributed by atoms with van der Waals surface area (Å²) in [5, 5.41) is 4.03. The Hall–Kier alpha value is -1.48. The van der Waals surface area contributed by atoms with Crippen LogP contribution in [-0.2, 0) is 14.4 Å². The van der Waals surface area contributed by atoms with Gasteiger partial charge in [0.25, 0.3) is 0 Å². The first-order valence-electron chi connectivity index (χ1n) is 6.97. The van der Waals surface area contributed by atoms with Crippen molar-refractivity contribution in [1.82, 2.24) is 10.6 Å². The van der Waals surface area contributed by atoms with Crippen LogP contribution in [0.2, 0.25) is 0 Å². The number of halogens is 3. The normalized spacial score (nSPS) is 31.6. The summed E-state index contributed by atoms with van der Waals surface area (Å²) in [6.07, 6.45) is -4.75. The van der Waals surface area contributed by atoms with Gasteiger partial charge in [-0.1, -0.05) is 13.8 Å². The molecule has 22 heavy (non-hydrogen) atoms. The van der Waals surface area contributed by atoms with Crippen molar-refractivity contribution in [3.05, 3.63) is 0 Å². The minimum absolute atomic E-state index is 0.124. The predicted octanol–water partition coefficient (Wildman–Crippen LogP) is -0.278. The summed E-state index contributed by atoms with van der Waals surface area (Å²) < 4.78 is 36.7. The Balaban J connectivity index is 2.13. The molecule has 4 N–H and O–H groups in total. The van der Waals surface area contributed by atoms with Crippen LogP contribution in [0.25, 0.3) is 0 Å². The third-order valence-corrected chi connectivity index (χ3v) is 4.47. The van der Waals surface area contributed by atoms with Gasteiger partial charge in [-0.2, -0.15) is 13.2 Å². The standard InChI is InChI=1S/C13H18F3N3O3/c1-5(2)7(17)9(20)12-3-6(12)4-18-8(12)10(21)19-11(22)13(14,15)16/h5-8,18H,3-4,17H2,1-2H3,(H,19,21,22)/t6?,7-,8?,12?/m0/s1. The van der Waals surface area contributed by atoms with E-state index in [2.05, 4.69) is 5.32 Å². The van der Waals surface area contributed by atoms with Crippen molar-refractivity contribution in [2.24, 2.45) is 23.0 Å². The third-order valence-electron chi connectivity index (χ3n) is 4.47. The second-order valence-corrected chi connectivity index (χ2v) is 6.23. The van der Waals surface area contributed by atoms with Crippen LogP contribution in [0.4, 0.5) is 13.2 Å². The van der Waals surface area contributed by atoms with E-state index < -0.39 is 35.5 Å². The molecule has 0 aromatic heterocycles. The van der Waals surface area contributed by atoms with Crippen molar-refractivity contribution >= 4 is 17.6 Å². The fourth-order valence-corrected chi connectivity index (χ4v) is 3.04. The smallest absolute Gasteiger partial charge is 0.321 e. The van der Waals surface area contributed by atoms with Gasteiger partial charge in [-0.25, -0.2) is 0 Å². The second-order valence-electron chi connectivity index (χ2n) is 6.23. The molecule has 9 heteroatoms. The van der Waals surface area contributed by atoms with E-state index in [1.807, 2.05) is 0 Å². The Morgan fingerprint density at radius 1 is 1.32 bits per heavy atom. The molecule has 0 spiro atoms. The molecule has 1 aliphatic heterocycles. The molecule has 2 fully saturated rings. The summed E-state index contributed by atoms with van der Waals surface area (Å²) in [7, 11) is 0. The van der Waals surface area contributed by atoms with Gasteiger partial charge in [0.05, 0.1) is 11.5 Å². The number of amides is 2. The highest BCUT2D eigenvalue weighted by atomic mass is 19.4. The number of fused-ring (bicyclic) bond motifs is 1. The van der Waals surface area contributed by atoms with Gasteiger partial charge in [0.15, 0.2) is 5.78 Å². The monoisotopic (exact) mass is 321 g/mol. The maximum absolute atomic E-state index is 12.5. The van der Waals surface area contributed by atoms with Crippen molar-refractivity contribution < 1.29 is 27.6 Å². The number of imide groups is 1. The van der Waals surface area contributed by atoms with Crippen molar-refractivity contribution in [3.63, 3.8) is 0 Å². The molecule has 0 aromatic rings. The molecule has 1 saturated carbocycles. The van der Waals surface area contributed by atoms with Crippen molar-refractivity contribution in [3.8, 4) is 0 Å². The third kappa shape index (κ3) is 2.63. The number of alkyl halides is 3. The first kappa shape index (κ1) is 16.9. The lowest BCUT2D eigenvalue weighted by Gasteiger charge is -2.25. The predicted molar refractivity (Wildman–Crippen MR) is 69.4 cm³/mol. The fourth-order valence-electron chi connectivity index (χ4n) is 3.04. The molecule has 6 nitrogen and oxygen atoms in total. The van der Waals surface area contributed by atoms with Crippen LogP contribution >= 0.6 is 0 Å². The van der Waals surface area contributed by atoms with E-state index in [1.165, 1.54) is 5.32 Å². The Kier molecular flexibility index (Phi) is 4.07. The molecule has 0 bridgehead atoms. The van der Waals surface area contributed by atoms with E-state index in [0.29, 0.717) is 13.0 Å². The van der Waals surface area contributed by atoms with Crippen LogP contribution in [0.15, 0.2) is 0 Å². The van der Waals surface area contributed by atoms with E-state index in [0.717, 1.165) is 0 Å².